The van der Waals surface area contributed by atoms with E-state index in [2.05, 4.69) is 0 Å². The number of halogens is 1. The molecule has 2 aliphatic heterocycles. The Morgan fingerprint density at radius 2 is 1.59 bits per heavy atom. The van der Waals surface area contributed by atoms with E-state index in [9.17, 15) is 28.7 Å². The molecular formula is C26H25FN2O5. The first-order valence-corrected chi connectivity index (χ1v) is 11.6. The molecule has 0 saturated heterocycles. The standard InChI is InChI=1S/C26H25FN2O5/c27-21-11-5-10-16-15(21)12-13-28(23(30)19-8-3-4-9-20(19)26(33)34)22(16)14-29-24(31)17-6-1-2-7-18(17)25(29)32/h1-2,5-7,10-11,19-20,22H,3-4,8-9,12-14H2,(H,33,34)/t19-,20+,22?/m1/s1. The number of carboxylic acids is 1. The third-order valence-electron chi connectivity index (χ3n) is 7.41. The molecule has 2 aromatic rings. The van der Waals surface area contributed by atoms with Crippen LogP contribution >= 0.6 is 0 Å². The maximum Gasteiger partial charge on any atom is 0.307 e. The van der Waals surface area contributed by atoms with Crippen molar-refractivity contribution in [3.63, 3.8) is 0 Å². The van der Waals surface area contributed by atoms with Gasteiger partial charge in [-0.25, -0.2) is 4.39 Å². The second-order valence-electron chi connectivity index (χ2n) is 9.21. The number of fused-ring (bicyclic) bond motifs is 2. The van der Waals surface area contributed by atoms with Crippen LogP contribution in [0.15, 0.2) is 42.5 Å². The number of hydrogen-bond acceptors (Lipinski definition) is 4. The van der Waals surface area contributed by atoms with E-state index in [0.717, 1.165) is 17.7 Å². The van der Waals surface area contributed by atoms with Crippen LogP contribution in [0.1, 0.15) is 63.6 Å². The summed E-state index contributed by atoms with van der Waals surface area (Å²) >= 11 is 0. The SMILES string of the molecule is O=C(O)[C@H]1CCCC[C@H]1C(=O)N1CCc2c(F)cccc2C1CN1C(=O)c2ccccc2C1=O. The van der Waals surface area contributed by atoms with E-state index in [0.29, 0.717) is 35.1 Å². The van der Waals surface area contributed by atoms with E-state index in [1.807, 2.05) is 0 Å². The molecule has 1 unspecified atom stereocenters. The Morgan fingerprint density at radius 3 is 2.24 bits per heavy atom. The van der Waals surface area contributed by atoms with Gasteiger partial charge in [-0.3, -0.25) is 24.1 Å². The Bertz CT molecular complexity index is 1160. The topological polar surface area (TPSA) is 95.0 Å². The van der Waals surface area contributed by atoms with Crippen LogP contribution in [0.4, 0.5) is 4.39 Å². The second kappa shape index (κ2) is 8.66. The first-order valence-electron chi connectivity index (χ1n) is 11.6. The number of hydrogen-bond donors (Lipinski definition) is 1. The van der Waals surface area contributed by atoms with Crippen LogP contribution in [-0.2, 0) is 16.0 Å². The van der Waals surface area contributed by atoms with Crippen LogP contribution in [0.5, 0.6) is 0 Å². The maximum atomic E-state index is 14.6. The molecule has 5 rings (SSSR count). The summed E-state index contributed by atoms with van der Waals surface area (Å²) in [5.41, 5.74) is 1.63. The van der Waals surface area contributed by atoms with Crippen LogP contribution in [0.25, 0.3) is 0 Å². The molecule has 176 valence electrons. The van der Waals surface area contributed by atoms with Crippen molar-refractivity contribution in [1.29, 1.82) is 0 Å². The highest BCUT2D eigenvalue weighted by atomic mass is 19.1. The van der Waals surface area contributed by atoms with Gasteiger partial charge in [-0.2, -0.15) is 0 Å². The fourth-order valence-electron chi connectivity index (χ4n) is 5.68. The molecule has 8 heteroatoms. The zero-order valence-electron chi connectivity index (χ0n) is 18.6. The summed E-state index contributed by atoms with van der Waals surface area (Å²) in [6.45, 7) is 0.0858. The lowest BCUT2D eigenvalue weighted by Crippen LogP contribution is -2.50. The molecular weight excluding hydrogens is 439 g/mol. The molecule has 0 aromatic heterocycles. The lowest BCUT2D eigenvalue weighted by atomic mass is 9.77. The number of aliphatic carboxylic acids is 1. The molecule has 1 fully saturated rings. The Kier molecular flexibility index (Phi) is 5.67. The molecule has 2 aromatic carbocycles. The number of benzene rings is 2. The van der Waals surface area contributed by atoms with Gasteiger partial charge < -0.3 is 10.0 Å². The highest BCUT2D eigenvalue weighted by molar-refractivity contribution is 6.21. The highest BCUT2D eigenvalue weighted by Gasteiger charge is 2.44. The van der Waals surface area contributed by atoms with Gasteiger partial charge in [0.05, 0.1) is 35.5 Å². The summed E-state index contributed by atoms with van der Waals surface area (Å²) in [5, 5.41) is 9.70. The monoisotopic (exact) mass is 464 g/mol. The van der Waals surface area contributed by atoms with Crippen molar-refractivity contribution in [3.8, 4) is 0 Å². The fourth-order valence-corrected chi connectivity index (χ4v) is 5.68. The number of rotatable bonds is 4. The molecule has 3 amide bonds. The fraction of sp³-hybridized carbons (Fsp3) is 0.385. The van der Waals surface area contributed by atoms with Gasteiger partial charge in [0.25, 0.3) is 11.8 Å². The predicted molar refractivity (Wildman–Crippen MR) is 119 cm³/mol. The van der Waals surface area contributed by atoms with Gasteiger partial charge in [-0.1, -0.05) is 37.1 Å². The van der Waals surface area contributed by atoms with Gasteiger partial charge in [0.1, 0.15) is 5.82 Å². The van der Waals surface area contributed by atoms with E-state index < -0.39 is 41.5 Å². The Labute approximate surface area is 196 Å². The molecule has 0 bridgehead atoms. The molecule has 1 aliphatic carbocycles. The normalized spacial score (nSPS) is 24.1. The van der Waals surface area contributed by atoms with Crippen molar-refractivity contribution in [1.82, 2.24) is 9.80 Å². The molecule has 1 N–H and O–H groups in total. The van der Waals surface area contributed by atoms with E-state index in [-0.39, 0.29) is 25.4 Å². The summed E-state index contributed by atoms with van der Waals surface area (Å²) in [7, 11) is 0. The number of nitrogens with zero attached hydrogens (tertiary/aromatic N) is 2. The van der Waals surface area contributed by atoms with Crippen LogP contribution in [0.3, 0.4) is 0 Å². The predicted octanol–water partition coefficient (Wildman–Crippen LogP) is 3.44. The van der Waals surface area contributed by atoms with Gasteiger partial charge in [-0.15, -0.1) is 0 Å². The van der Waals surface area contributed by atoms with Gasteiger partial charge in [0.15, 0.2) is 0 Å². The van der Waals surface area contributed by atoms with Gasteiger partial charge in [0.2, 0.25) is 5.91 Å². The molecule has 1 saturated carbocycles. The first kappa shape index (κ1) is 22.3. The minimum atomic E-state index is -0.988. The summed E-state index contributed by atoms with van der Waals surface area (Å²) < 4.78 is 14.6. The molecule has 34 heavy (non-hydrogen) atoms. The van der Waals surface area contributed by atoms with E-state index in [1.165, 1.54) is 6.07 Å². The van der Waals surface area contributed by atoms with Crippen LogP contribution in [0.2, 0.25) is 0 Å². The number of carbonyl (C=O) groups is 4. The van der Waals surface area contributed by atoms with E-state index in [4.69, 9.17) is 0 Å². The summed E-state index contributed by atoms with van der Waals surface area (Å²) in [6.07, 6.45) is 2.72. The Balaban J connectivity index is 1.51. The summed E-state index contributed by atoms with van der Waals surface area (Å²) in [5.74, 6) is -4.02. The molecule has 0 spiro atoms. The summed E-state index contributed by atoms with van der Waals surface area (Å²) in [4.78, 5) is 54.3. The third kappa shape index (κ3) is 3.57. The number of amides is 3. The molecule has 3 aliphatic rings. The quantitative estimate of drug-likeness (QED) is 0.700. The molecule has 7 nitrogen and oxygen atoms in total. The Hall–Kier alpha value is -3.55. The average Bonchev–Trinajstić information content (AvgIpc) is 3.09. The zero-order chi connectivity index (χ0) is 24.0. The third-order valence-corrected chi connectivity index (χ3v) is 7.41. The highest BCUT2D eigenvalue weighted by Crippen LogP contribution is 2.38. The molecule has 3 atom stereocenters. The number of carbonyl (C=O) groups excluding carboxylic acids is 3. The van der Waals surface area contributed by atoms with Crippen molar-refractivity contribution in [2.24, 2.45) is 11.8 Å². The van der Waals surface area contributed by atoms with E-state index in [1.54, 1.807) is 41.3 Å². The van der Waals surface area contributed by atoms with Crippen molar-refractivity contribution in [3.05, 3.63) is 70.5 Å². The minimum absolute atomic E-state index is 0.112. The number of carboxylic acid groups (broad SMARTS) is 1. The number of imide groups is 1. The average molecular weight is 464 g/mol. The van der Waals surface area contributed by atoms with Crippen molar-refractivity contribution in [2.75, 3.05) is 13.1 Å². The van der Waals surface area contributed by atoms with Crippen molar-refractivity contribution in [2.45, 2.75) is 38.1 Å². The van der Waals surface area contributed by atoms with Crippen LogP contribution < -0.4 is 0 Å². The molecule has 0 radical (unpaired) electrons. The Morgan fingerprint density at radius 1 is 0.941 bits per heavy atom. The van der Waals surface area contributed by atoms with Gasteiger partial charge in [0, 0.05) is 6.54 Å². The zero-order valence-corrected chi connectivity index (χ0v) is 18.6. The van der Waals surface area contributed by atoms with Crippen molar-refractivity contribution < 1.29 is 28.7 Å². The lowest BCUT2D eigenvalue weighted by Gasteiger charge is -2.42. The van der Waals surface area contributed by atoms with Crippen LogP contribution in [-0.4, -0.2) is 51.7 Å². The van der Waals surface area contributed by atoms with Gasteiger partial charge in [-0.05, 0) is 48.6 Å². The van der Waals surface area contributed by atoms with Crippen molar-refractivity contribution >= 4 is 23.7 Å². The lowest BCUT2D eigenvalue weighted by molar-refractivity contribution is -0.153. The largest absolute Gasteiger partial charge is 0.481 e. The second-order valence-corrected chi connectivity index (χ2v) is 9.21. The van der Waals surface area contributed by atoms with Gasteiger partial charge >= 0.3 is 5.97 Å². The van der Waals surface area contributed by atoms with E-state index >= 15 is 0 Å². The molecule has 2 heterocycles. The summed E-state index contributed by atoms with van der Waals surface area (Å²) in [6, 6.07) is 10.4. The minimum Gasteiger partial charge on any atom is -0.481 e. The maximum absolute atomic E-state index is 14.6. The smallest absolute Gasteiger partial charge is 0.307 e. The first-order chi connectivity index (χ1) is 16.4. The van der Waals surface area contributed by atoms with Crippen LogP contribution in [0, 0.1) is 17.7 Å².